The molecule has 1 aromatic carbocycles. The first kappa shape index (κ1) is 11.9. The van der Waals surface area contributed by atoms with E-state index in [1.165, 1.54) is 0 Å². The number of imide groups is 1. The molecule has 5 heteroatoms. The molecule has 0 bridgehead atoms. The number of nitrogens with one attached hydrogen (secondary N) is 1. The van der Waals surface area contributed by atoms with Gasteiger partial charge in [-0.25, -0.2) is 9.69 Å². The lowest BCUT2D eigenvalue weighted by Gasteiger charge is -2.14. The molecule has 1 heterocycles. The third-order valence-electron chi connectivity index (χ3n) is 2.69. The van der Waals surface area contributed by atoms with Gasteiger partial charge in [0.15, 0.2) is 0 Å². The summed E-state index contributed by atoms with van der Waals surface area (Å²) in [7, 11) is 0. The highest BCUT2D eigenvalue weighted by atomic mass is 35.5. The predicted octanol–water partition coefficient (Wildman–Crippen LogP) is 2.56. The Bertz CT molecular complexity index is 462. The first-order valence-electron chi connectivity index (χ1n) is 5.54. The molecule has 0 saturated carbocycles. The molecule has 0 spiro atoms. The lowest BCUT2D eigenvalue weighted by Crippen LogP contribution is -2.31. The van der Waals surface area contributed by atoms with Gasteiger partial charge in [0.05, 0.1) is 10.7 Å². The Kier molecular flexibility index (Phi) is 3.33. The van der Waals surface area contributed by atoms with Crippen LogP contribution < -0.4 is 10.2 Å². The molecule has 1 fully saturated rings. The average molecular weight is 253 g/mol. The van der Waals surface area contributed by atoms with Gasteiger partial charge >= 0.3 is 6.03 Å². The molecule has 0 aromatic heterocycles. The molecule has 90 valence electrons. The van der Waals surface area contributed by atoms with E-state index in [0.717, 1.165) is 11.3 Å². The molecule has 1 atom stereocenters. The van der Waals surface area contributed by atoms with Crippen LogP contribution in [0.2, 0.25) is 5.02 Å². The van der Waals surface area contributed by atoms with E-state index in [9.17, 15) is 9.59 Å². The molecule has 1 saturated heterocycles. The molecular weight excluding hydrogens is 240 g/mol. The van der Waals surface area contributed by atoms with Gasteiger partial charge < -0.3 is 5.32 Å². The van der Waals surface area contributed by atoms with Crippen LogP contribution in [-0.4, -0.2) is 18.0 Å². The second-order valence-electron chi connectivity index (χ2n) is 3.92. The second kappa shape index (κ2) is 4.75. The summed E-state index contributed by atoms with van der Waals surface area (Å²) in [6.07, 6.45) is 1.48. The van der Waals surface area contributed by atoms with Gasteiger partial charge in [-0.15, -0.1) is 0 Å². The van der Waals surface area contributed by atoms with E-state index >= 15 is 0 Å². The van der Waals surface area contributed by atoms with Crippen molar-refractivity contribution in [3.63, 3.8) is 0 Å². The standard InChI is InChI=1S/C12H13ClN2O2/c1-2-5-9-11(16)15(12(17)14-9)10-7-4-3-6-8(10)13/h3-4,6-7,9H,2,5H2,1H3,(H,14,17). The van der Waals surface area contributed by atoms with Gasteiger partial charge in [-0.1, -0.05) is 37.1 Å². The minimum atomic E-state index is -0.427. The largest absolute Gasteiger partial charge is 0.329 e. The van der Waals surface area contributed by atoms with E-state index in [-0.39, 0.29) is 5.91 Å². The highest BCUT2D eigenvalue weighted by Crippen LogP contribution is 2.28. The zero-order valence-electron chi connectivity index (χ0n) is 9.44. The summed E-state index contributed by atoms with van der Waals surface area (Å²) < 4.78 is 0. The quantitative estimate of drug-likeness (QED) is 0.841. The van der Waals surface area contributed by atoms with Crippen molar-refractivity contribution in [2.24, 2.45) is 0 Å². The van der Waals surface area contributed by atoms with Crippen LogP contribution in [0.15, 0.2) is 24.3 Å². The van der Waals surface area contributed by atoms with Gasteiger partial charge in [-0.05, 0) is 18.6 Å². The molecule has 1 N–H and O–H groups in total. The van der Waals surface area contributed by atoms with E-state index in [1.54, 1.807) is 24.3 Å². The fourth-order valence-electron chi connectivity index (χ4n) is 1.88. The fraction of sp³-hybridized carbons (Fsp3) is 0.333. The zero-order valence-corrected chi connectivity index (χ0v) is 10.2. The normalized spacial score (nSPS) is 19.6. The van der Waals surface area contributed by atoms with E-state index < -0.39 is 12.1 Å². The number of hydrogen-bond donors (Lipinski definition) is 1. The minimum Gasteiger partial charge on any atom is -0.325 e. The maximum Gasteiger partial charge on any atom is 0.329 e. The topological polar surface area (TPSA) is 49.4 Å². The Morgan fingerprint density at radius 2 is 2.06 bits per heavy atom. The Morgan fingerprint density at radius 1 is 1.35 bits per heavy atom. The first-order valence-corrected chi connectivity index (χ1v) is 5.92. The summed E-state index contributed by atoms with van der Waals surface area (Å²) in [5.41, 5.74) is 0.440. The number of hydrogen-bond acceptors (Lipinski definition) is 2. The molecule has 0 aliphatic carbocycles. The third-order valence-corrected chi connectivity index (χ3v) is 3.01. The summed E-state index contributed by atoms with van der Waals surface area (Å²) in [4.78, 5) is 24.9. The van der Waals surface area contributed by atoms with Crippen LogP contribution in [0.4, 0.5) is 10.5 Å². The van der Waals surface area contributed by atoms with E-state index in [0.29, 0.717) is 17.1 Å². The van der Waals surface area contributed by atoms with Gasteiger partial charge in [0.2, 0.25) is 0 Å². The van der Waals surface area contributed by atoms with E-state index in [1.807, 2.05) is 6.92 Å². The van der Waals surface area contributed by atoms with Crippen molar-refractivity contribution in [3.05, 3.63) is 29.3 Å². The number of carbonyl (C=O) groups excluding carboxylic acids is 2. The highest BCUT2D eigenvalue weighted by molar-refractivity contribution is 6.35. The Morgan fingerprint density at radius 3 is 2.71 bits per heavy atom. The van der Waals surface area contributed by atoms with Crippen LogP contribution >= 0.6 is 11.6 Å². The SMILES string of the molecule is CCCC1NC(=O)N(c2ccccc2Cl)C1=O. The number of anilines is 1. The fourth-order valence-corrected chi connectivity index (χ4v) is 2.10. The van der Waals surface area contributed by atoms with Crippen molar-refractivity contribution in [1.29, 1.82) is 0 Å². The van der Waals surface area contributed by atoms with Crippen molar-refractivity contribution in [2.75, 3.05) is 4.90 Å². The number of amides is 3. The van der Waals surface area contributed by atoms with Crippen LogP contribution in [0.3, 0.4) is 0 Å². The summed E-state index contributed by atoms with van der Waals surface area (Å²) in [6.45, 7) is 1.97. The van der Waals surface area contributed by atoms with E-state index in [4.69, 9.17) is 11.6 Å². The molecule has 1 unspecified atom stereocenters. The maximum absolute atomic E-state index is 12.0. The first-order chi connectivity index (χ1) is 8.15. The molecule has 0 radical (unpaired) electrons. The summed E-state index contributed by atoms with van der Waals surface area (Å²) in [6, 6.07) is 5.99. The molecular formula is C12H13ClN2O2. The van der Waals surface area contributed by atoms with Crippen LogP contribution in [0.25, 0.3) is 0 Å². The van der Waals surface area contributed by atoms with Gasteiger partial charge in [-0.3, -0.25) is 4.79 Å². The monoisotopic (exact) mass is 252 g/mol. The summed E-state index contributed by atoms with van der Waals surface area (Å²) >= 11 is 5.99. The third kappa shape index (κ3) is 2.13. The minimum absolute atomic E-state index is 0.232. The average Bonchev–Trinajstić information content (AvgIpc) is 2.57. The number of carbonyl (C=O) groups is 2. The summed E-state index contributed by atoms with van der Waals surface area (Å²) in [5, 5.41) is 3.06. The molecule has 17 heavy (non-hydrogen) atoms. The molecule has 1 aromatic rings. The second-order valence-corrected chi connectivity index (χ2v) is 4.32. The highest BCUT2D eigenvalue weighted by Gasteiger charge is 2.38. The number of nitrogens with zero attached hydrogens (tertiary/aromatic N) is 1. The van der Waals surface area contributed by atoms with Crippen molar-refractivity contribution in [3.8, 4) is 0 Å². The smallest absolute Gasteiger partial charge is 0.325 e. The molecule has 1 aliphatic heterocycles. The van der Waals surface area contributed by atoms with Crippen LogP contribution in [0.1, 0.15) is 19.8 Å². The molecule has 1 aliphatic rings. The van der Waals surface area contributed by atoms with Crippen molar-refractivity contribution in [1.82, 2.24) is 5.32 Å². The van der Waals surface area contributed by atoms with Gasteiger partial charge in [-0.2, -0.15) is 0 Å². The number of benzene rings is 1. The van der Waals surface area contributed by atoms with Crippen LogP contribution in [0.5, 0.6) is 0 Å². The summed E-state index contributed by atoms with van der Waals surface area (Å²) in [5.74, 6) is -0.232. The van der Waals surface area contributed by atoms with Gasteiger partial charge in [0, 0.05) is 0 Å². The van der Waals surface area contributed by atoms with E-state index in [2.05, 4.69) is 5.32 Å². The van der Waals surface area contributed by atoms with Crippen molar-refractivity contribution >= 4 is 29.2 Å². The lowest BCUT2D eigenvalue weighted by molar-refractivity contribution is -0.118. The van der Waals surface area contributed by atoms with Gasteiger partial charge in [0.25, 0.3) is 5.91 Å². The van der Waals surface area contributed by atoms with Crippen LogP contribution in [-0.2, 0) is 4.79 Å². The molecule has 4 nitrogen and oxygen atoms in total. The Labute approximate surface area is 105 Å². The molecule has 2 rings (SSSR count). The van der Waals surface area contributed by atoms with Gasteiger partial charge in [0.1, 0.15) is 6.04 Å². The predicted molar refractivity (Wildman–Crippen MR) is 66.2 cm³/mol. The van der Waals surface area contributed by atoms with Crippen molar-refractivity contribution < 1.29 is 9.59 Å². The van der Waals surface area contributed by atoms with Crippen molar-refractivity contribution in [2.45, 2.75) is 25.8 Å². The van der Waals surface area contributed by atoms with Crippen LogP contribution in [0, 0.1) is 0 Å². The number of urea groups is 1. The number of para-hydroxylation sites is 1. The Balaban J connectivity index is 2.31. The number of rotatable bonds is 3. The Hall–Kier alpha value is -1.55. The maximum atomic E-state index is 12.0. The lowest BCUT2D eigenvalue weighted by atomic mass is 10.1. The number of halogens is 1. The zero-order chi connectivity index (χ0) is 12.4. The molecule has 3 amide bonds.